The maximum absolute atomic E-state index is 2.69. The summed E-state index contributed by atoms with van der Waals surface area (Å²) in [6.07, 6.45) is 4.25. The first-order valence-electron chi connectivity index (χ1n) is 4.77. The molecule has 0 N–H and O–H groups in total. The Hall–Kier alpha value is -0.0400. The second-order valence-electron chi connectivity index (χ2n) is 5.36. The van der Waals surface area contributed by atoms with Crippen molar-refractivity contribution >= 4 is 0 Å². The van der Waals surface area contributed by atoms with Crippen LogP contribution >= 0.6 is 0 Å². The van der Waals surface area contributed by atoms with Crippen molar-refractivity contribution in [2.24, 2.45) is 5.41 Å². The van der Waals surface area contributed by atoms with E-state index >= 15 is 0 Å². The van der Waals surface area contributed by atoms with Gasteiger partial charge >= 0.3 is 0 Å². The van der Waals surface area contributed by atoms with Gasteiger partial charge in [-0.05, 0) is 38.1 Å². The van der Waals surface area contributed by atoms with Crippen LogP contribution in [0.5, 0.6) is 0 Å². The number of hydrogen-bond donors (Lipinski definition) is 0. The van der Waals surface area contributed by atoms with E-state index in [0.717, 1.165) is 0 Å². The molecule has 2 saturated heterocycles. The largest absolute Gasteiger partial charge is 0.297 e. The van der Waals surface area contributed by atoms with Crippen molar-refractivity contribution in [1.82, 2.24) is 4.90 Å². The zero-order chi connectivity index (χ0) is 8.11. The van der Waals surface area contributed by atoms with Gasteiger partial charge in [0.1, 0.15) is 0 Å². The highest BCUT2D eigenvalue weighted by molar-refractivity contribution is 5.03. The predicted molar refractivity (Wildman–Crippen MR) is 47.6 cm³/mol. The fourth-order valence-corrected chi connectivity index (χ4v) is 3.15. The second kappa shape index (κ2) is 2.01. The van der Waals surface area contributed by atoms with Gasteiger partial charge in [0.25, 0.3) is 0 Å². The van der Waals surface area contributed by atoms with E-state index in [1.165, 1.54) is 32.4 Å². The summed E-state index contributed by atoms with van der Waals surface area (Å²) in [4.78, 5) is 2.69. The van der Waals surface area contributed by atoms with Crippen LogP contribution in [-0.2, 0) is 0 Å². The molecule has 11 heavy (non-hydrogen) atoms. The van der Waals surface area contributed by atoms with Crippen LogP contribution in [0.15, 0.2) is 0 Å². The number of rotatable bonds is 0. The Bertz CT molecular complexity index is 174. The summed E-state index contributed by atoms with van der Waals surface area (Å²) in [6, 6.07) is 0. The van der Waals surface area contributed by atoms with Gasteiger partial charge in [0.05, 0.1) is 0 Å². The maximum atomic E-state index is 2.69. The fraction of sp³-hybridized carbons (Fsp3) is 1.00. The summed E-state index contributed by atoms with van der Waals surface area (Å²) in [5.41, 5.74) is 1.15. The lowest BCUT2D eigenvalue weighted by atomic mass is 9.83. The molecule has 2 aliphatic heterocycles. The van der Waals surface area contributed by atoms with E-state index in [4.69, 9.17) is 0 Å². The van der Waals surface area contributed by atoms with Crippen LogP contribution in [0.3, 0.4) is 0 Å². The van der Waals surface area contributed by atoms with Gasteiger partial charge in [0.2, 0.25) is 0 Å². The summed E-state index contributed by atoms with van der Waals surface area (Å²) >= 11 is 0. The molecule has 0 spiro atoms. The van der Waals surface area contributed by atoms with Crippen molar-refractivity contribution < 1.29 is 0 Å². The highest BCUT2D eigenvalue weighted by Crippen LogP contribution is 2.46. The topological polar surface area (TPSA) is 3.24 Å². The van der Waals surface area contributed by atoms with Gasteiger partial charge in [-0.3, -0.25) is 4.90 Å². The molecule has 1 heteroatoms. The van der Waals surface area contributed by atoms with Crippen LogP contribution in [0.1, 0.15) is 40.0 Å². The third-order valence-corrected chi connectivity index (χ3v) is 3.39. The lowest BCUT2D eigenvalue weighted by Crippen LogP contribution is -2.34. The Morgan fingerprint density at radius 1 is 1.18 bits per heavy atom. The van der Waals surface area contributed by atoms with Crippen molar-refractivity contribution in [3.05, 3.63) is 0 Å². The molecular weight excluding hydrogens is 134 g/mol. The standard InChI is InChI=1S/C10H19N/c1-9(2)7-10(3)5-4-6-11(10)8-9/h4-8H2,1-3H3. The van der Waals surface area contributed by atoms with Gasteiger partial charge in [-0.25, -0.2) is 0 Å². The first-order chi connectivity index (χ1) is 5.02. The zero-order valence-corrected chi connectivity index (χ0v) is 7.98. The van der Waals surface area contributed by atoms with Crippen molar-refractivity contribution in [2.45, 2.75) is 45.6 Å². The number of nitrogens with zero attached hydrogens (tertiary/aromatic N) is 1. The third-order valence-electron chi connectivity index (χ3n) is 3.39. The molecule has 0 radical (unpaired) electrons. The quantitative estimate of drug-likeness (QED) is 0.516. The SMILES string of the molecule is CC1(C)CN2CCCC2(C)C1. The van der Waals surface area contributed by atoms with E-state index in [2.05, 4.69) is 25.7 Å². The van der Waals surface area contributed by atoms with Crippen molar-refractivity contribution in [2.75, 3.05) is 13.1 Å². The van der Waals surface area contributed by atoms with Gasteiger partial charge in [0.15, 0.2) is 0 Å². The molecule has 1 atom stereocenters. The molecule has 0 bridgehead atoms. The molecule has 2 heterocycles. The fourth-order valence-electron chi connectivity index (χ4n) is 3.15. The minimum Gasteiger partial charge on any atom is -0.297 e. The average Bonchev–Trinajstić information content (AvgIpc) is 2.16. The van der Waals surface area contributed by atoms with Crippen LogP contribution in [-0.4, -0.2) is 23.5 Å². The lowest BCUT2D eigenvalue weighted by molar-refractivity contribution is 0.217. The second-order valence-corrected chi connectivity index (χ2v) is 5.36. The van der Waals surface area contributed by atoms with Crippen LogP contribution in [0.2, 0.25) is 0 Å². The van der Waals surface area contributed by atoms with Crippen LogP contribution in [0.4, 0.5) is 0 Å². The molecule has 0 aliphatic carbocycles. The Balaban J connectivity index is 2.19. The molecule has 64 valence electrons. The van der Waals surface area contributed by atoms with Crippen molar-refractivity contribution in [3.63, 3.8) is 0 Å². The van der Waals surface area contributed by atoms with Gasteiger partial charge < -0.3 is 0 Å². The van der Waals surface area contributed by atoms with E-state index in [0.29, 0.717) is 11.0 Å². The van der Waals surface area contributed by atoms with Gasteiger partial charge in [-0.15, -0.1) is 0 Å². The van der Waals surface area contributed by atoms with E-state index < -0.39 is 0 Å². The molecule has 2 aliphatic rings. The molecule has 0 aromatic heterocycles. The van der Waals surface area contributed by atoms with E-state index in [9.17, 15) is 0 Å². The predicted octanol–water partition coefficient (Wildman–Crippen LogP) is 2.27. The smallest absolute Gasteiger partial charge is 0.0187 e. The van der Waals surface area contributed by atoms with Crippen molar-refractivity contribution in [3.8, 4) is 0 Å². The Morgan fingerprint density at radius 2 is 1.91 bits per heavy atom. The minimum atomic E-state index is 0.573. The van der Waals surface area contributed by atoms with E-state index in [1.54, 1.807) is 0 Å². The summed E-state index contributed by atoms with van der Waals surface area (Å²) in [7, 11) is 0. The molecule has 0 saturated carbocycles. The summed E-state index contributed by atoms with van der Waals surface area (Å²) < 4.78 is 0. The van der Waals surface area contributed by atoms with Crippen molar-refractivity contribution in [1.29, 1.82) is 0 Å². The highest BCUT2D eigenvalue weighted by Gasteiger charge is 2.47. The normalized spacial score (nSPS) is 42.8. The molecule has 1 nitrogen and oxygen atoms in total. The molecule has 2 fully saturated rings. The van der Waals surface area contributed by atoms with E-state index in [1.807, 2.05) is 0 Å². The third kappa shape index (κ3) is 1.10. The monoisotopic (exact) mass is 153 g/mol. The number of fused-ring (bicyclic) bond motifs is 1. The Kier molecular flexibility index (Phi) is 1.39. The number of hydrogen-bond acceptors (Lipinski definition) is 1. The summed E-state index contributed by atoms with van der Waals surface area (Å²) in [6.45, 7) is 9.91. The molecule has 1 unspecified atom stereocenters. The Labute approximate surface area is 69.8 Å². The van der Waals surface area contributed by atoms with Gasteiger partial charge in [0, 0.05) is 12.1 Å². The Morgan fingerprint density at radius 3 is 2.55 bits per heavy atom. The molecule has 0 amide bonds. The molecule has 0 aromatic carbocycles. The zero-order valence-electron chi connectivity index (χ0n) is 7.98. The van der Waals surface area contributed by atoms with Gasteiger partial charge in [-0.2, -0.15) is 0 Å². The van der Waals surface area contributed by atoms with Crippen LogP contribution < -0.4 is 0 Å². The molecule has 0 aromatic rings. The maximum Gasteiger partial charge on any atom is 0.0187 e. The molecular formula is C10H19N. The average molecular weight is 153 g/mol. The van der Waals surface area contributed by atoms with Gasteiger partial charge in [-0.1, -0.05) is 13.8 Å². The van der Waals surface area contributed by atoms with Crippen LogP contribution in [0, 0.1) is 5.41 Å². The first kappa shape index (κ1) is 7.60. The van der Waals surface area contributed by atoms with Crippen LogP contribution in [0.25, 0.3) is 0 Å². The molecule has 2 rings (SSSR count). The summed E-state index contributed by atoms with van der Waals surface area (Å²) in [5, 5.41) is 0. The first-order valence-corrected chi connectivity index (χ1v) is 4.77. The lowest BCUT2D eigenvalue weighted by Gasteiger charge is -2.26. The summed E-state index contributed by atoms with van der Waals surface area (Å²) in [5.74, 6) is 0. The van der Waals surface area contributed by atoms with E-state index in [-0.39, 0.29) is 0 Å². The highest BCUT2D eigenvalue weighted by atomic mass is 15.2. The minimum absolute atomic E-state index is 0.573.